The number of carbonyl (C=O) groups excluding carboxylic acids is 1. The molecule has 0 fully saturated rings. The van der Waals surface area contributed by atoms with Gasteiger partial charge in [-0.2, -0.15) is 5.26 Å². The third-order valence-corrected chi connectivity index (χ3v) is 3.58. The van der Waals surface area contributed by atoms with Gasteiger partial charge in [-0.1, -0.05) is 6.07 Å². The van der Waals surface area contributed by atoms with Crippen LogP contribution >= 0.6 is 0 Å². The van der Waals surface area contributed by atoms with Gasteiger partial charge in [0, 0.05) is 6.54 Å². The number of methoxy groups -OCH3 is 1. The minimum Gasteiger partial charge on any atom is -0.469 e. The first-order valence-corrected chi connectivity index (χ1v) is 6.54. The third-order valence-electron chi connectivity index (χ3n) is 2.12. The van der Waals surface area contributed by atoms with E-state index in [1.54, 1.807) is 0 Å². The number of nitriles is 1. The molecule has 1 aromatic carbocycles. The fourth-order valence-corrected chi connectivity index (χ4v) is 2.28. The number of sulfonamides is 1. The fourth-order valence-electron chi connectivity index (χ4n) is 1.21. The quantitative estimate of drug-likeness (QED) is 0.780. The van der Waals surface area contributed by atoms with Crippen molar-refractivity contribution in [1.82, 2.24) is 4.72 Å². The molecule has 0 aromatic heterocycles. The van der Waals surface area contributed by atoms with Crippen LogP contribution in [0.15, 0.2) is 29.2 Å². The number of hydrogen-bond donors (Lipinski definition) is 1. The molecular weight excluding hydrogens is 256 g/mol. The van der Waals surface area contributed by atoms with Crippen molar-refractivity contribution in [1.29, 1.82) is 5.26 Å². The van der Waals surface area contributed by atoms with Crippen molar-refractivity contribution in [3.63, 3.8) is 0 Å². The Hall–Kier alpha value is -1.91. The van der Waals surface area contributed by atoms with Gasteiger partial charge in [-0.25, -0.2) is 13.1 Å². The lowest BCUT2D eigenvalue weighted by molar-refractivity contribution is -0.140. The highest BCUT2D eigenvalue weighted by atomic mass is 32.2. The van der Waals surface area contributed by atoms with Gasteiger partial charge < -0.3 is 4.74 Å². The van der Waals surface area contributed by atoms with Crippen LogP contribution in [0.25, 0.3) is 0 Å². The van der Waals surface area contributed by atoms with E-state index in [0.717, 1.165) is 0 Å². The number of ether oxygens (including phenoxy) is 1. The van der Waals surface area contributed by atoms with E-state index in [0.29, 0.717) is 0 Å². The van der Waals surface area contributed by atoms with Crippen LogP contribution in [0.3, 0.4) is 0 Å². The zero-order valence-corrected chi connectivity index (χ0v) is 10.5. The number of hydrogen-bond acceptors (Lipinski definition) is 5. The van der Waals surface area contributed by atoms with Crippen molar-refractivity contribution < 1.29 is 17.9 Å². The number of nitrogens with one attached hydrogen (secondary N) is 1. The molecule has 0 heterocycles. The summed E-state index contributed by atoms with van der Waals surface area (Å²) in [4.78, 5) is 10.8. The number of nitrogens with zero attached hydrogens (tertiary/aromatic N) is 1. The summed E-state index contributed by atoms with van der Waals surface area (Å²) < 4.78 is 30.2. The normalized spacial score (nSPS) is 10.7. The van der Waals surface area contributed by atoms with Gasteiger partial charge in [-0.15, -0.1) is 0 Å². The van der Waals surface area contributed by atoms with Crippen molar-refractivity contribution in [2.45, 2.75) is 11.3 Å². The lowest BCUT2D eigenvalue weighted by atomic mass is 10.2. The van der Waals surface area contributed by atoms with E-state index in [4.69, 9.17) is 5.26 Å². The summed E-state index contributed by atoms with van der Waals surface area (Å²) in [6, 6.07) is 7.48. The summed E-state index contributed by atoms with van der Waals surface area (Å²) >= 11 is 0. The van der Waals surface area contributed by atoms with Crippen LogP contribution in [-0.4, -0.2) is 28.0 Å². The van der Waals surface area contributed by atoms with Crippen LogP contribution in [0, 0.1) is 11.3 Å². The molecule has 1 rings (SSSR count). The van der Waals surface area contributed by atoms with Crippen LogP contribution in [-0.2, 0) is 19.6 Å². The van der Waals surface area contributed by atoms with E-state index < -0.39 is 16.0 Å². The van der Waals surface area contributed by atoms with E-state index in [2.05, 4.69) is 9.46 Å². The second-order valence-corrected chi connectivity index (χ2v) is 5.13. The Balaban J connectivity index is 2.74. The van der Waals surface area contributed by atoms with Gasteiger partial charge in [0.05, 0.1) is 30.1 Å². The predicted molar refractivity (Wildman–Crippen MR) is 63.0 cm³/mol. The molecule has 1 N–H and O–H groups in total. The number of carbonyl (C=O) groups is 1. The molecule has 0 unspecified atom stereocenters. The maximum Gasteiger partial charge on any atom is 0.306 e. The topological polar surface area (TPSA) is 96.3 Å². The standard InChI is InChI=1S/C11H12N2O4S/c1-17-11(14)5-6-13-18(15,16)10-4-2-3-9(7-10)8-12/h2-4,7,13H,5-6H2,1H3. The second kappa shape index (κ2) is 6.14. The highest BCUT2D eigenvalue weighted by Crippen LogP contribution is 2.10. The monoisotopic (exact) mass is 268 g/mol. The van der Waals surface area contributed by atoms with Crippen molar-refractivity contribution in [2.24, 2.45) is 0 Å². The van der Waals surface area contributed by atoms with Gasteiger partial charge in [-0.05, 0) is 18.2 Å². The number of benzene rings is 1. The third kappa shape index (κ3) is 3.84. The molecule has 0 amide bonds. The maximum atomic E-state index is 11.8. The van der Waals surface area contributed by atoms with Crippen LogP contribution in [0.4, 0.5) is 0 Å². The molecule has 0 bridgehead atoms. The van der Waals surface area contributed by atoms with E-state index in [-0.39, 0.29) is 23.4 Å². The number of esters is 1. The van der Waals surface area contributed by atoms with Gasteiger partial charge in [0.15, 0.2) is 0 Å². The molecule has 6 nitrogen and oxygen atoms in total. The first-order chi connectivity index (χ1) is 8.49. The van der Waals surface area contributed by atoms with Crippen LogP contribution < -0.4 is 4.72 Å². The van der Waals surface area contributed by atoms with Gasteiger partial charge >= 0.3 is 5.97 Å². The summed E-state index contributed by atoms with van der Waals surface area (Å²) in [5.74, 6) is -0.497. The molecule has 0 saturated carbocycles. The average molecular weight is 268 g/mol. The molecule has 1 aromatic rings. The Morgan fingerprint density at radius 1 is 1.50 bits per heavy atom. The smallest absolute Gasteiger partial charge is 0.306 e. The lowest BCUT2D eigenvalue weighted by Crippen LogP contribution is -2.26. The van der Waals surface area contributed by atoms with Crippen molar-refractivity contribution in [3.8, 4) is 6.07 Å². The Morgan fingerprint density at radius 3 is 2.83 bits per heavy atom. The second-order valence-electron chi connectivity index (χ2n) is 3.36. The molecule has 0 aliphatic rings. The minimum absolute atomic E-state index is 0.00795. The molecule has 7 heteroatoms. The van der Waals surface area contributed by atoms with Gasteiger partial charge in [0.25, 0.3) is 0 Å². The molecular formula is C11H12N2O4S. The Labute approximate surface area is 105 Å². The largest absolute Gasteiger partial charge is 0.469 e. The van der Waals surface area contributed by atoms with Crippen LogP contribution in [0.5, 0.6) is 0 Å². The van der Waals surface area contributed by atoms with E-state index in [9.17, 15) is 13.2 Å². The number of rotatable bonds is 5. The first kappa shape index (κ1) is 14.2. The molecule has 0 atom stereocenters. The summed E-state index contributed by atoms with van der Waals surface area (Å²) in [7, 11) is -2.48. The Morgan fingerprint density at radius 2 is 2.22 bits per heavy atom. The van der Waals surface area contributed by atoms with Gasteiger partial charge in [0.2, 0.25) is 10.0 Å². The van der Waals surface area contributed by atoms with Crippen LogP contribution in [0.2, 0.25) is 0 Å². The molecule has 18 heavy (non-hydrogen) atoms. The molecule has 0 radical (unpaired) electrons. The fraction of sp³-hybridized carbons (Fsp3) is 0.273. The first-order valence-electron chi connectivity index (χ1n) is 5.06. The van der Waals surface area contributed by atoms with Crippen molar-refractivity contribution in [3.05, 3.63) is 29.8 Å². The van der Waals surface area contributed by atoms with E-state index >= 15 is 0 Å². The highest BCUT2D eigenvalue weighted by Gasteiger charge is 2.14. The molecule has 0 saturated heterocycles. The van der Waals surface area contributed by atoms with E-state index in [1.165, 1.54) is 31.4 Å². The molecule has 0 aliphatic heterocycles. The Kier molecular flexibility index (Phi) is 4.83. The minimum atomic E-state index is -3.71. The molecule has 96 valence electrons. The van der Waals surface area contributed by atoms with E-state index in [1.807, 2.05) is 6.07 Å². The Bertz CT molecular complexity index is 575. The summed E-state index contributed by atoms with van der Waals surface area (Å²) in [6.45, 7) is -0.0498. The molecule has 0 aliphatic carbocycles. The SMILES string of the molecule is COC(=O)CCNS(=O)(=O)c1cccc(C#N)c1. The van der Waals surface area contributed by atoms with Gasteiger partial charge in [0.1, 0.15) is 0 Å². The predicted octanol–water partition coefficient (Wildman–Crippen LogP) is 0.400. The maximum absolute atomic E-state index is 11.8. The summed E-state index contributed by atoms with van der Waals surface area (Å²) in [6.07, 6.45) is -0.0479. The van der Waals surface area contributed by atoms with Crippen LogP contribution in [0.1, 0.15) is 12.0 Å². The van der Waals surface area contributed by atoms with Crippen molar-refractivity contribution >= 4 is 16.0 Å². The average Bonchev–Trinajstić information content (AvgIpc) is 2.38. The lowest BCUT2D eigenvalue weighted by Gasteiger charge is -2.06. The summed E-state index contributed by atoms with van der Waals surface area (Å²) in [5, 5.41) is 8.68. The highest BCUT2D eigenvalue weighted by molar-refractivity contribution is 7.89. The van der Waals surface area contributed by atoms with Crippen molar-refractivity contribution in [2.75, 3.05) is 13.7 Å². The zero-order valence-electron chi connectivity index (χ0n) is 9.71. The zero-order chi connectivity index (χ0) is 13.6. The van der Waals surface area contributed by atoms with Gasteiger partial charge in [-0.3, -0.25) is 4.79 Å². The summed E-state index contributed by atoms with van der Waals surface area (Å²) in [5.41, 5.74) is 0.255. The molecule has 0 spiro atoms.